The van der Waals surface area contributed by atoms with Crippen molar-refractivity contribution in [2.45, 2.75) is 38.5 Å². The molecular formula is C62H46N4O2. The first-order chi connectivity index (χ1) is 33.2. The summed E-state index contributed by atoms with van der Waals surface area (Å²) >= 11 is 0. The average molecular weight is 879 g/mol. The molecule has 326 valence electrons. The quantitative estimate of drug-likeness (QED) is 0.166. The lowest BCUT2D eigenvalue weighted by Gasteiger charge is -2.44. The largest absolute Gasteiger partial charge is 0.436 e. The van der Waals surface area contributed by atoms with Gasteiger partial charge in [-0.05, 0) is 118 Å². The van der Waals surface area contributed by atoms with Gasteiger partial charge in [-0.25, -0.2) is 9.97 Å². The van der Waals surface area contributed by atoms with E-state index in [1.54, 1.807) is 0 Å². The molecular weight excluding hydrogens is 833 g/mol. The molecule has 0 saturated carbocycles. The van der Waals surface area contributed by atoms with Crippen molar-refractivity contribution in [1.29, 1.82) is 0 Å². The first-order valence-corrected chi connectivity index (χ1v) is 23.3. The summed E-state index contributed by atoms with van der Waals surface area (Å²) in [6, 6.07) is 73.7. The van der Waals surface area contributed by atoms with Crippen LogP contribution in [0.4, 0.5) is 34.1 Å². The molecule has 0 spiro atoms. The number of hydrogen-bond acceptors (Lipinski definition) is 6. The number of fused-ring (bicyclic) bond motifs is 6. The summed E-state index contributed by atoms with van der Waals surface area (Å²) in [6.45, 7) is 9.36. The molecule has 11 aromatic rings. The molecule has 0 aliphatic carbocycles. The van der Waals surface area contributed by atoms with Gasteiger partial charge in [0.05, 0.1) is 34.1 Å². The first-order valence-electron chi connectivity index (χ1n) is 23.3. The van der Waals surface area contributed by atoms with Crippen LogP contribution < -0.4 is 9.80 Å². The minimum absolute atomic E-state index is 0.234. The van der Waals surface area contributed by atoms with Crippen LogP contribution in [0.1, 0.15) is 49.9 Å². The Kier molecular flexibility index (Phi) is 8.80. The third kappa shape index (κ3) is 6.10. The van der Waals surface area contributed by atoms with Gasteiger partial charge in [0, 0.05) is 33.1 Å². The Balaban J connectivity index is 1.09. The Labute approximate surface area is 395 Å². The van der Waals surface area contributed by atoms with Crippen LogP contribution in [0.5, 0.6) is 0 Å². The summed E-state index contributed by atoms with van der Waals surface area (Å²) in [4.78, 5) is 14.7. The molecule has 9 aromatic carbocycles. The second-order valence-electron chi connectivity index (χ2n) is 19.0. The van der Waals surface area contributed by atoms with E-state index in [0.29, 0.717) is 11.8 Å². The molecule has 0 radical (unpaired) electrons. The topological polar surface area (TPSA) is 58.5 Å². The highest BCUT2D eigenvalue weighted by Crippen LogP contribution is 2.58. The third-order valence-corrected chi connectivity index (χ3v) is 14.3. The van der Waals surface area contributed by atoms with Crippen LogP contribution >= 0.6 is 0 Å². The predicted molar refractivity (Wildman–Crippen MR) is 277 cm³/mol. The van der Waals surface area contributed by atoms with Gasteiger partial charge in [-0.3, -0.25) is 0 Å². The molecule has 0 atom stereocenters. The zero-order chi connectivity index (χ0) is 45.7. The minimum Gasteiger partial charge on any atom is -0.436 e. The van der Waals surface area contributed by atoms with Crippen LogP contribution in [0.25, 0.3) is 67.4 Å². The van der Waals surface area contributed by atoms with Gasteiger partial charge in [-0.2, -0.15) is 0 Å². The molecule has 6 nitrogen and oxygen atoms in total. The maximum absolute atomic E-state index is 6.28. The van der Waals surface area contributed by atoms with Gasteiger partial charge >= 0.3 is 0 Å². The highest BCUT2D eigenvalue weighted by molar-refractivity contribution is 6.01. The number of nitrogens with zero attached hydrogens (tertiary/aromatic N) is 4. The lowest BCUT2D eigenvalue weighted by Crippen LogP contribution is -2.31. The molecule has 6 heteroatoms. The van der Waals surface area contributed by atoms with Crippen molar-refractivity contribution < 1.29 is 8.83 Å². The molecule has 0 fully saturated rings. The zero-order valence-corrected chi connectivity index (χ0v) is 38.2. The number of para-hydroxylation sites is 8. The fourth-order valence-corrected chi connectivity index (χ4v) is 10.8. The van der Waals surface area contributed by atoms with Gasteiger partial charge in [0.2, 0.25) is 11.8 Å². The van der Waals surface area contributed by atoms with E-state index in [9.17, 15) is 0 Å². The number of hydrogen-bond donors (Lipinski definition) is 0. The summed E-state index contributed by atoms with van der Waals surface area (Å²) in [6.07, 6.45) is 0. The van der Waals surface area contributed by atoms with Crippen LogP contribution in [0.2, 0.25) is 0 Å². The molecule has 2 aliphatic heterocycles. The van der Waals surface area contributed by atoms with E-state index in [2.05, 4.69) is 195 Å². The van der Waals surface area contributed by atoms with Crippen LogP contribution in [-0.4, -0.2) is 9.97 Å². The van der Waals surface area contributed by atoms with Crippen molar-refractivity contribution in [3.63, 3.8) is 0 Å². The average Bonchev–Trinajstić information content (AvgIpc) is 4.03. The monoisotopic (exact) mass is 878 g/mol. The second-order valence-corrected chi connectivity index (χ2v) is 19.0. The molecule has 0 saturated heterocycles. The Bertz CT molecular complexity index is 3350. The van der Waals surface area contributed by atoms with Gasteiger partial charge < -0.3 is 18.6 Å². The number of aromatic nitrogens is 2. The van der Waals surface area contributed by atoms with E-state index in [1.165, 1.54) is 22.3 Å². The Hall–Kier alpha value is -8.48. The molecule has 2 aliphatic rings. The van der Waals surface area contributed by atoms with Gasteiger partial charge in [0.25, 0.3) is 0 Å². The van der Waals surface area contributed by atoms with Crippen molar-refractivity contribution >= 4 is 56.3 Å². The molecule has 13 rings (SSSR count). The molecule has 0 amide bonds. The number of benzene rings is 9. The summed E-state index contributed by atoms with van der Waals surface area (Å²) in [7, 11) is 0. The molecule has 0 N–H and O–H groups in total. The van der Waals surface area contributed by atoms with Crippen molar-refractivity contribution in [2.24, 2.45) is 0 Å². The summed E-state index contributed by atoms with van der Waals surface area (Å²) in [5, 5.41) is 0. The van der Waals surface area contributed by atoms with E-state index in [-0.39, 0.29) is 10.8 Å². The van der Waals surface area contributed by atoms with Crippen molar-refractivity contribution in [2.75, 3.05) is 9.80 Å². The predicted octanol–water partition coefficient (Wildman–Crippen LogP) is 16.9. The van der Waals surface area contributed by atoms with E-state index < -0.39 is 0 Å². The van der Waals surface area contributed by atoms with Crippen molar-refractivity contribution in [1.82, 2.24) is 9.97 Å². The normalized spacial score (nSPS) is 14.4. The summed E-state index contributed by atoms with van der Waals surface area (Å²) in [5.41, 5.74) is 20.7. The van der Waals surface area contributed by atoms with Crippen LogP contribution in [0.3, 0.4) is 0 Å². The molecule has 0 bridgehead atoms. The molecule has 0 unspecified atom stereocenters. The van der Waals surface area contributed by atoms with E-state index in [0.717, 1.165) is 89.7 Å². The van der Waals surface area contributed by atoms with Crippen LogP contribution in [0, 0.1) is 0 Å². The Morgan fingerprint density at radius 1 is 0.324 bits per heavy atom. The minimum atomic E-state index is -0.234. The fraction of sp³-hybridized carbons (Fsp3) is 0.0968. The molecule has 2 aromatic heterocycles. The fourth-order valence-electron chi connectivity index (χ4n) is 10.8. The maximum Gasteiger partial charge on any atom is 0.227 e. The number of rotatable bonds is 6. The van der Waals surface area contributed by atoms with Crippen LogP contribution in [0.15, 0.2) is 215 Å². The van der Waals surface area contributed by atoms with E-state index >= 15 is 0 Å². The van der Waals surface area contributed by atoms with Gasteiger partial charge in [-0.15, -0.1) is 0 Å². The van der Waals surface area contributed by atoms with Gasteiger partial charge in [-0.1, -0.05) is 149 Å². The Morgan fingerprint density at radius 3 is 0.956 bits per heavy atom. The van der Waals surface area contributed by atoms with Gasteiger partial charge in [0.15, 0.2) is 11.2 Å². The van der Waals surface area contributed by atoms with Gasteiger partial charge in [0.1, 0.15) is 11.0 Å². The van der Waals surface area contributed by atoms with Crippen LogP contribution in [-0.2, 0) is 10.8 Å². The van der Waals surface area contributed by atoms with Crippen molar-refractivity contribution in [3.05, 3.63) is 229 Å². The second kappa shape index (κ2) is 15.0. The summed E-state index contributed by atoms with van der Waals surface area (Å²) < 4.78 is 12.6. The highest BCUT2D eigenvalue weighted by atomic mass is 16.4. The zero-order valence-electron chi connectivity index (χ0n) is 38.2. The number of oxazole rings is 2. The molecule has 68 heavy (non-hydrogen) atoms. The summed E-state index contributed by atoms with van der Waals surface area (Å²) in [5.74, 6) is 1.20. The Morgan fingerprint density at radius 2 is 0.618 bits per heavy atom. The van der Waals surface area contributed by atoms with E-state index in [1.807, 2.05) is 48.5 Å². The first kappa shape index (κ1) is 39.8. The standard InChI is InChI=1S/C62H46N4O2/c1-61(2)45-17-5-11-23-51(45)65(52-24-12-6-18-46(52)61)55-37-44(40-31-35-42(36-32-40)60-64-50-22-10-16-28-58(50)68-60)56(66-53-25-13-7-19-47(53)62(3,4)48-20-8-14-26-54(48)66)38-43(55)39-29-33-41(34-30-39)59-63-49-21-9-15-27-57(49)67-59/h5-38H,1-4H3. The lowest BCUT2D eigenvalue weighted by molar-refractivity contribution is 0.619. The maximum atomic E-state index is 6.28. The highest BCUT2D eigenvalue weighted by Gasteiger charge is 2.40. The SMILES string of the molecule is CC1(C)c2ccccc2N(c2cc(-c3ccc(-c4nc5ccccc5o4)cc3)c(N3c4ccccc4C(C)(C)c4ccccc43)cc2-c2ccc(-c3nc4ccccc4o3)cc2)c2ccccc21. The smallest absolute Gasteiger partial charge is 0.227 e. The van der Waals surface area contributed by atoms with E-state index in [4.69, 9.17) is 18.8 Å². The molecule has 4 heterocycles. The lowest BCUT2D eigenvalue weighted by atomic mass is 9.73. The van der Waals surface area contributed by atoms with Crippen molar-refractivity contribution in [3.8, 4) is 45.2 Å². The third-order valence-electron chi connectivity index (χ3n) is 14.3. The number of anilines is 6.